The van der Waals surface area contributed by atoms with E-state index in [9.17, 15) is 14.4 Å². The van der Waals surface area contributed by atoms with Crippen molar-refractivity contribution in [2.24, 2.45) is 0 Å². The summed E-state index contributed by atoms with van der Waals surface area (Å²) in [6.07, 6.45) is 0. The lowest BCUT2D eigenvalue weighted by Crippen LogP contribution is -2.53. The lowest BCUT2D eigenvalue weighted by molar-refractivity contribution is -0.121. The van der Waals surface area contributed by atoms with Gasteiger partial charge in [0.05, 0.1) is 10.9 Å². The number of nitrogens with zero attached hydrogens (tertiary/aromatic N) is 4. The number of benzene rings is 3. The number of para-hydroxylation sites is 1. The molecule has 0 N–H and O–H groups in total. The number of fused-ring (bicyclic) bond motifs is 5. The third-order valence-corrected chi connectivity index (χ3v) is 9.64. The first-order valence-electron chi connectivity index (χ1n) is 12.0. The van der Waals surface area contributed by atoms with Crippen LogP contribution in [0.1, 0.15) is 27.2 Å². The molecule has 1 spiro atoms. The topological polar surface area (TPSA) is 96.6 Å². The van der Waals surface area contributed by atoms with Gasteiger partial charge in [-0.15, -0.1) is 10.2 Å². The SMILES string of the molecule is CN1C(=O)C2(c3ccccc31)c1c(oc3ccc(Cl)cc3c1=O)C(=O)N2c1nnc(SCc2cccc(Cl)c2)s1. The van der Waals surface area contributed by atoms with Gasteiger partial charge in [0.25, 0.3) is 11.8 Å². The van der Waals surface area contributed by atoms with Crippen LogP contribution in [0, 0.1) is 0 Å². The summed E-state index contributed by atoms with van der Waals surface area (Å²) in [7, 11) is 1.61. The number of anilines is 2. The standard InChI is InChI=1S/C28H16Cl2N4O4S2/c1-33-19-8-3-2-7-18(19)28(25(33)37)21-22(35)17-12-16(30)9-10-20(17)38-23(21)24(36)34(28)26-31-32-27(40-26)39-13-14-5-4-6-15(29)11-14/h2-12H,13H2,1H3. The molecular formula is C28H16Cl2N4O4S2. The van der Waals surface area contributed by atoms with Crippen LogP contribution in [0.5, 0.6) is 0 Å². The minimum atomic E-state index is -1.82. The molecule has 40 heavy (non-hydrogen) atoms. The zero-order valence-electron chi connectivity index (χ0n) is 20.6. The monoisotopic (exact) mass is 606 g/mol. The fourth-order valence-electron chi connectivity index (χ4n) is 5.36. The second-order valence-corrected chi connectivity index (χ2v) is 12.3. The Hall–Kier alpha value is -3.70. The lowest BCUT2D eigenvalue weighted by atomic mass is 9.84. The first kappa shape index (κ1) is 25.3. The Morgan fingerprint density at radius 1 is 0.975 bits per heavy atom. The average Bonchev–Trinajstić information content (AvgIpc) is 3.58. The van der Waals surface area contributed by atoms with Crippen molar-refractivity contribution in [2.75, 3.05) is 16.8 Å². The zero-order chi connectivity index (χ0) is 27.8. The fourth-order valence-corrected chi connectivity index (χ4v) is 7.58. The molecule has 1 atom stereocenters. The summed E-state index contributed by atoms with van der Waals surface area (Å²) in [5.41, 5.74) is -0.137. The molecule has 0 radical (unpaired) electrons. The van der Waals surface area contributed by atoms with Gasteiger partial charge in [0.1, 0.15) is 5.58 Å². The smallest absolute Gasteiger partial charge is 0.297 e. The van der Waals surface area contributed by atoms with Crippen molar-refractivity contribution < 1.29 is 14.0 Å². The number of rotatable bonds is 4. The molecule has 7 rings (SSSR count). The predicted octanol–water partition coefficient (Wildman–Crippen LogP) is 6.12. The minimum absolute atomic E-state index is 0.0580. The van der Waals surface area contributed by atoms with Crippen LogP contribution >= 0.6 is 46.3 Å². The van der Waals surface area contributed by atoms with Gasteiger partial charge < -0.3 is 9.32 Å². The van der Waals surface area contributed by atoms with Crippen LogP contribution in [0.3, 0.4) is 0 Å². The van der Waals surface area contributed by atoms with Crippen LogP contribution in [0.4, 0.5) is 10.8 Å². The summed E-state index contributed by atoms with van der Waals surface area (Å²) in [4.78, 5) is 45.2. The molecule has 12 heteroatoms. The summed E-state index contributed by atoms with van der Waals surface area (Å²) >= 11 is 14.9. The second-order valence-electron chi connectivity index (χ2n) is 9.28. The van der Waals surface area contributed by atoms with Crippen LogP contribution in [0.25, 0.3) is 11.0 Å². The maximum absolute atomic E-state index is 14.2. The Labute approximate surface area is 245 Å². The molecule has 2 amide bonds. The van der Waals surface area contributed by atoms with Gasteiger partial charge in [-0.25, -0.2) is 0 Å². The van der Waals surface area contributed by atoms with Gasteiger partial charge >= 0.3 is 0 Å². The lowest BCUT2D eigenvalue weighted by Gasteiger charge is -2.31. The van der Waals surface area contributed by atoms with Crippen molar-refractivity contribution in [1.82, 2.24) is 10.2 Å². The highest BCUT2D eigenvalue weighted by Crippen LogP contribution is 2.54. The van der Waals surface area contributed by atoms with E-state index in [1.165, 1.54) is 33.7 Å². The molecule has 0 saturated carbocycles. The number of carbonyl (C=O) groups is 2. The maximum Gasteiger partial charge on any atom is 0.297 e. The first-order valence-corrected chi connectivity index (χ1v) is 14.6. The van der Waals surface area contributed by atoms with Crippen molar-refractivity contribution in [3.63, 3.8) is 0 Å². The molecule has 5 aromatic rings. The van der Waals surface area contributed by atoms with Gasteiger partial charge in [-0.05, 0) is 42.0 Å². The summed E-state index contributed by atoms with van der Waals surface area (Å²) < 4.78 is 6.61. The normalized spacial score (nSPS) is 17.8. The number of aromatic nitrogens is 2. The quantitative estimate of drug-likeness (QED) is 0.179. The van der Waals surface area contributed by atoms with E-state index in [-0.39, 0.29) is 27.4 Å². The van der Waals surface area contributed by atoms with Crippen LogP contribution in [-0.2, 0) is 16.1 Å². The van der Waals surface area contributed by atoms with E-state index in [4.69, 9.17) is 27.6 Å². The molecule has 0 fully saturated rings. The Kier molecular flexibility index (Phi) is 5.79. The van der Waals surface area contributed by atoms with Crippen molar-refractivity contribution in [1.29, 1.82) is 0 Å². The van der Waals surface area contributed by atoms with Gasteiger partial charge in [-0.1, -0.05) is 76.6 Å². The Bertz CT molecular complexity index is 1960. The summed E-state index contributed by atoms with van der Waals surface area (Å²) in [6.45, 7) is 0. The molecule has 2 aliphatic heterocycles. The number of halogens is 2. The molecule has 3 aromatic carbocycles. The average molecular weight is 608 g/mol. The molecule has 8 nitrogen and oxygen atoms in total. The number of likely N-dealkylation sites (N-methyl/N-ethyl adjacent to an activating group) is 1. The number of hydrogen-bond donors (Lipinski definition) is 0. The third kappa shape index (κ3) is 3.50. The number of carbonyl (C=O) groups excluding carboxylic acids is 2. The molecule has 4 heterocycles. The van der Waals surface area contributed by atoms with Crippen LogP contribution in [0.15, 0.2) is 80.3 Å². The van der Waals surface area contributed by atoms with Crippen LogP contribution in [0.2, 0.25) is 10.0 Å². The zero-order valence-corrected chi connectivity index (χ0v) is 23.7. The number of hydrogen-bond acceptors (Lipinski definition) is 8. The van der Waals surface area contributed by atoms with Gasteiger partial charge in [-0.2, -0.15) is 0 Å². The molecular weight excluding hydrogens is 591 g/mol. The molecule has 0 aliphatic carbocycles. The highest BCUT2D eigenvalue weighted by Gasteiger charge is 2.66. The highest BCUT2D eigenvalue weighted by atomic mass is 35.5. The van der Waals surface area contributed by atoms with Gasteiger partial charge in [0.2, 0.25) is 10.9 Å². The molecule has 1 unspecified atom stereocenters. The summed E-state index contributed by atoms with van der Waals surface area (Å²) in [5.74, 6) is -0.755. The Balaban J connectivity index is 1.42. The third-order valence-electron chi connectivity index (χ3n) is 7.05. The summed E-state index contributed by atoms with van der Waals surface area (Å²) in [6, 6.07) is 19.1. The van der Waals surface area contributed by atoms with Crippen molar-refractivity contribution in [2.45, 2.75) is 15.6 Å². The summed E-state index contributed by atoms with van der Waals surface area (Å²) in [5, 5.41) is 9.92. The maximum atomic E-state index is 14.2. The Morgan fingerprint density at radius 3 is 2.60 bits per heavy atom. The van der Waals surface area contributed by atoms with E-state index in [0.29, 0.717) is 31.4 Å². The minimum Gasteiger partial charge on any atom is -0.450 e. The largest absolute Gasteiger partial charge is 0.450 e. The van der Waals surface area contributed by atoms with E-state index in [1.54, 1.807) is 43.4 Å². The number of thioether (sulfide) groups is 1. The van der Waals surface area contributed by atoms with Crippen molar-refractivity contribution >= 4 is 79.9 Å². The van der Waals surface area contributed by atoms with E-state index in [1.807, 2.05) is 18.2 Å². The fraction of sp³-hybridized carbons (Fsp3) is 0.107. The Morgan fingerprint density at radius 2 is 1.77 bits per heavy atom. The molecule has 0 bridgehead atoms. The van der Waals surface area contributed by atoms with E-state index in [0.717, 1.165) is 16.9 Å². The molecule has 2 aliphatic rings. The van der Waals surface area contributed by atoms with E-state index >= 15 is 0 Å². The first-order chi connectivity index (χ1) is 19.3. The van der Waals surface area contributed by atoms with Gasteiger partial charge in [0, 0.05) is 34.1 Å². The second kappa shape index (κ2) is 9.17. The van der Waals surface area contributed by atoms with Crippen molar-refractivity contribution in [3.05, 3.63) is 109 Å². The van der Waals surface area contributed by atoms with Gasteiger partial charge in [-0.3, -0.25) is 19.3 Å². The molecule has 0 saturated heterocycles. The van der Waals surface area contributed by atoms with Crippen LogP contribution < -0.4 is 15.2 Å². The highest BCUT2D eigenvalue weighted by molar-refractivity contribution is 8.00. The number of amides is 2. The molecule has 198 valence electrons. The van der Waals surface area contributed by atoms with Gasteiger partial charge in [0.15, 0.2) is 15.3 Å². The van der Waals surface area contributed by atoms with Crippen LogP contribution in [-0.4, -0.2) is 29.1 Å². The van der Waals surface area contributed by atoms with Crippen molar-refractivity contribution in [3.8, 4) is 0 Å². The molecule has 2 aromatic heterocycles. The predicted molar refractivity (Wildman–Crippen MR) is 156 cm³/mol. The van der Waals surface area contributed by atoms with E-state index < -0.39 is 22.8 Å². The van der Waals surface area contributed by atoms with E-state index in [2.05, 4.69) is 10.2 Å².